The van der Waals surface area contributed by atoms with Crippen molar-refractivity contribution >= 4 is 0 Å². The van der Waals surface area contributed by atoms with Gasteiger partial charge in [-0.25, -0.2) is 0 Å². The monoisotopic (exact) mass is 196 g/mol. The molecule has 5 N–H and O–H groups in total. The third-order valence-corrected chi connectivity index (χ3v) is 2.09. The highest BCUT2D eigenvalue weighted by atomic mass is 16.5. The predicted octanol–water partition coefficient (Wildman–Crippen LogP) is 0.749. The molecule has 4 heteroatoms. The maximum Gasteiger partial charge on any atom is 0.127 e. The van der Waals surface area contributed by atoms with Crippen LogP contribution in [0.4, 0.5) is 0 Å². The zero-order valence-corrected chi connectivity index (χ0v) is 8.23. The van der Waals surface area contributed by atoms with Crippen molar-refractivity contribution in [2.24, 2.45) is 11.5 Å². The van der Waals surface area contributed by atoms with Crippen LogP contribution in [0, 0.1) is 0 Å². The summed E-state index contributed by atoms with van der Waals surface area (Å²) in [7, 11) is 1.55. The Morgan fingerprint density at radius 3 is 2.79 bits per heavy atom. The standard InChI is InChI=1S/C10H16N2O2/c1-14-10-6-7(13)2-3-8(10)9(12)4-5-11/h2-3,6,9,13H,4-5,11-12H2,1H3/t9-/m0/s1. The summed E-state index contributed by atoms with van der Waals surface area (Å²) in [5.41, 5.74) is 12.2. The number of benzene rings is 1. The topological polar surface area (TPSA) is 81.5 Å². The minimum atomic E-state index is -0.143. The van der Waals surface area contributed by atoms with Crippen LogP contribution >= 0.6 is 0 Å². The van der Waals surface area contributed by atoms with E-state index in [9.17, 15) is 5.11 Å². The highest BCUT2D eigenvalue weighted by Gasteiger charge is 2.11. The van der Waals surface area contributed by atoms with Gasteiger partial charge in [0.2, 0.25) is 0 Å². The number of phenols is 1. The van der Waals surface area contributed by atoms with E-state index in [1.807, 2.05) is 0 Å². The normalized spacial score (nSPS) is 12.5. The Bertz CT molecular complexity index is 302. The van der Waals surface area contributed by atoms with Crippen LogP contribution in [0.2, 0.25) is 0 Å². The largest absolute Gasteiger partial charge is 0.508 e. The van der Waals surface area contributed by atoms with Crippen LogP contribution < -0.4 is 16.2 Å². The number of nitrogens with two attached hydrogens (primary N) is 2. The summed E-state index contributed by atoms with van der Waals surface area (Å²) in [5.74, 6) is 0.775. The molecule has 0 aliphatic rings. The first-order valence-corrected chi connectivity index (χ1v) is 4.51. The average Bonchev–Trinajstić information content (AvgIpc) is 2.17. The molecule has 1 rings (SSSR count). The van der Waals surface area contributed by atoms with Crippen LogP contribution in [0.1, 0.15) is 18.0 Å². The molecule has 1 atom stereocenters. The van der Waals surface area contributed by atoms with Gasteiger partial charge in [-0.15, -0.1) is 0 Å². The van der Waals surface area contributed by atoms with Gasteiger partial charge in [-0.3, -0.25) is 0 Å². The van der Waals surface area contributed by atoms with Crippen LogP contribution in [-0.4, -0.2) is 18.8 Å². The first-order chi connectivity index (χ1) is 6.69. The van der Waals surface area contributed by atoms with Crippen molar-refractivity contribution in [2.45, 2.75) is 12.5 Å². The molecule has 0 fully saturated rings. The highest BCUT2D eigenvalue weighted by Crippen LogP contribution is 2.28. The molecule has 1 aromatic rings. The van der Waals surface area contributed by atoms with Gasteiger partial charge in [0, 0.05) is 17.7 Å². The fourth-order valence-corrected chi connectivity index (χ4v) is 1.34. The van der Waals surface area contributed by atoms with Gasteiger partial charge in [0.05, 0.1) is 7.11 Å². The number of aromatic hydroxyl groups is 1. The summed E-state index contributed by atoms with van der Waals surface area (Å²) in [4.78, 5) is 0. The summed E-state index contributed by atoms with van der Waals surface area (Å²) in [6, 6.07) is 4.75. The van der Waals surface area contributed by atoms with Gasteiger partial charge in [-0.2, -0.15) is 0 Å². The number of methoxy groups -OCH3 is 1. The molecule has 0 amide bonds. The minimum Gasteiger partial charge on any atom is -0.508 e. The van der Waals surface area contributed by atoms with Crippen LogP contribution in [-0.2, 0) is 0 Å². The fraction of sp³-hybridized carbons (Fsp3) is 0.400. The van der Waals surface area contributed by atoms with E-state index < -0.39 is 0 Å². The van der Waals surface area contributed by atoms with Crippen molar-refractivity contribution in [3.05, 3.63) is 23.8 Å². The maximum absolute atomic E-state index is 9.23. The number of hydrogen-bond donors (Lipinski definition) is 3. The highest BCUT2D eigenvalue weighted by molar-refractivity contribution is 5.41. The Kier molecular flexibility index (Phi) is 3.73. The van der Waals surface area contributed by atoms with Crippen LogP contribution in [0.25, 0.3) is 0 Å². The number of phenolic OH excluding ortho intramolecular Hbond substituents is 1. The summed E-state index contributed by atoms with van der Waals surface area (Å²) in [5, 5.41) is 9.23. The Balaban J connectivity index is 2.95. The molecule has 0 saturated heterocycles. The van der Waals surface area contributed by atoms with E-state index in [0.29, 0.717) is 18.7 Å². The molecule has 1 aromatic carbocycles. The third kappa shape index (κ3) is 2.37. The smallest absolute Gasteiger partial charge is 0.127 e. The molecule has 0 radical (unpaired) electrons. The van der Waals surface area contributed by atoms with E-state index in [-0.39, 0.29) is 11.8 Å². The van der Waals surface area contributed by atoms with Crippen LogP contribution in [0.5, 0.6) is 11.5 Å². The molecule has 78 valence electrons. The van der Waals surface area contributed by atoms with Gasteiger partial charge < -0.3 is 21.3 Å². The van der Waals surface area contributed by atoms with Gasteiger partial charge in [0.1, 0.15) is 11.5 Å². The van der Waals surface area contributed by atoms with Gasteiger partial charge in [0.15, 0.2) is 0 Å². The molecule has 0 aliphatic heterocycles. The predicted molar refractivity (Wildman–Crippen MR) is 55.3 cm³/mol. The summed E-state index contributed by atoms with van der Waals surface area (Å²) in [6.45, 7) is 0.533. The Morgan fingerprint density at radius 2 is 2.21 bits per heavy atom. The summed E-state index contributed by atoms with van der Waals surface area (Å²) < 4.78 is 5.11. The Hall–Kier alpha value is -1.26. The van der Waals surface area contributed by atoms with Crippen molar-refractivity contribution in [2.75, 3.05) is 13.7 Å². The van der Waals surface area contributed by atoms with Crippen LogP contribution in [0.15, 0.2) is 18.2 Å². The average molecular weight is 196 g/mol. The molecule has 0 aromatic heterocycles. The van der Waals surface area contributed by atoms with Crippen molar-refractivity contribution in [3.63, 3.8) is 0 Å². The Morgan fingerprint density at radius 1 is 1.50 bits per heavy atom. The SMILES string of the molecule is COc1cc(O)ccc1[C@@H](N)CCN. The number of rotatable bonds is 4. The van der Waals surface area contributed by atoms with E-state index in [0.717, 1.165) is 5.56 Å². The quantitative estimate of drug-likeness (QED) is 0.663. The molecule has 0 spiro atoms. The minimum absolute atomic E-state index is 0.143. The van der Waals surface area contributed by atoms with Crippen molar-refractivity contribution in [1.82, 2.24) is 0 Å². The molecule has 0 heterocycles. The third-order valence-electron chi connectivity index (χ3n) is 2.09. The molecule has 0 aliphatic carbocycles. The summed E-state index contributed by atoms with van der Waals surface area (Å²) in [6.07, 6.45) is 0.696. The van der Waals surface area contributed by atoms with E-state index in [2.05, 4.69) is 0 Å². The van der Waals surface area contributed by atoms with Crippen molar-refractivity contribution in [1.29, 1.82) is 0 Å². The van der Waals surface area contributed by atoms with Gasteiger partial charge in [-0.05, 0) is 19.0 Å². The molecule has 14 heavy (non-hydrogen) atoms. The molecule has 0 bridgehead atoms. The number of hydrogen-bond acceptors (Lipinski definition) is 4. The van der Waals surface area contributed by atoms with Gasteiger partial charge in [0.25, 0.3) is 0 Å². The zero-order valence-electron chi connectivity index (χ0n) is 8.23. The lowest BCUT2D eigenvalue weighted by Crippen LogP contribution is -2.16. The van der Waals surface area contributed by atoms with E-state index in [4.69, 9.17) is 16.2 Å². The summed E-state index contributed by atoms with van der Waals surface area (Å²) >= 11 is 0. The lowest BCUT2D eigenvalue weighted by atomic mass is 10.0. The molecular formula is C10H16N2O2. The second-order valence-corrected chi connectivity index (χ2v) is 3.11. The molecule has 0 saturated carbocycles. The lowest BCUT2D eigenvalue weighted by Gasteiger charge is -2.14. The molecule has 4 nitrogen and oxygen atoms in total. The first kappa shape index (κ1) is 10.8. The molecular weight excluding hydrogens is 180 g/mol. The van der Waals surface area contributed by atoms with Crippen molar-refractivity contribution < 1.29 is 9.84 Å². The van der Waals surface area contributed by atoms with Gasteiger partial charge in [-0.1, -0.05) is 6.07 Å². The zero-order chi connectivity index (χ0) is 10.6. The van der Waals surface area contributed by atoms with E-state index >= 15 is 0 Å². The lowest BCUT2D eigenvalue weighted by molar-refractivity contribution is 0.398. The first-order valence-electron chi connectivity index (χ1n) is 4.51. The van der Waals surface area contributed by atoms with Crippen molar-refractivity contribution in [3.8, 4) is 11.5 Å². The second kappa shape index (κ2) is 4.83. The van der Waals surface area contributed by atoms with E-state index in [1.165, 1.54) is 0 Å². The van der Waals surface area contributed by atoms with E-state index in [1.54, 1.807) is 25.3 Å². The number of ether oxygens (including phenoxy) is 1. The maximum atomic E-state index is 9.23. The second-order valence-electron chi connectivity index (χ2n) is 3.11. The van der Waals surface area contributed by atoms with Gasteiger partial charge >= 0.3 is 0 Å². The fourth-order valence-electron chi connectivity index (χ4n) is 1.34. The van der Waals surface area contributed by atoms with Crippen LogP contribution in [0.3, 0.4) is 0 Å². The molecule has 0 unspecified atom stereocenters. The Labute approximate surface area is 83.5 Å².